The Kier molecular flexibility index (Phi) is 3.02. The zero-order valence-electron chi connectivity index (χ0n) is 9.19. The van der Waals surface area contributed by atoms with Gasteiger partial charge in [0.2, 0.25) is 0 Å². The molecule has 0 radical (unpaired) electrons. The van der Waals surface area contributed by atoms with Crippen LogP contribution in [0.1, 0.15) is 41.2 Å². The van der Waals surface area contributed by atoms with Crippen LogP contribution in [0.15, 0.2) is 12.1 Å². The van der Waals surface area contributed by atoms with Gasteiger partial charge in [-0.05, 0) is 30.9 Å². The molecule has 4 N–H and O–H groups in total. The molecule has 17 heavy (non-hydrogen) atoms. The number of hydrogen-bond acceptors (Lipinski definition) is 3. The molecule has 0 aliphatic heterocycles. The van der Waals surface area contributed by atoms with Gasteiger partial charge >= 0.3 is 5.97 Å². The van der Waals surface area contributed by atoms with Gasteiger partial charge in [-0.15, -0.1) is 0 Å². The van der Waals surface area contributed by atoms with Gasteiger partial charge in [-0.2, -0.15) is 0 Å². The predicted molar refractivity (Wildman–Crippen MR) is 59.3 cm³/mol. The van der Waals surface area contributed by atoms with Gasteiger partial charge in [0.1, 0.15) is 17.1 Å². The second-order valence-corrected chi connectivity index (χ2v) is 4.41. The van der Waals surface area contributed by atoms with Crippen LogP contribution in [0.4, 0.5) is 4.39 Å². The lowest BCUT2D eigenvalue weighted by Crippen LogP contribution is -2.27. The summed E-state index contributed by atoms with van der Waals surface area (Å²) in [5.41, 5.74) is 5.67. The molecule has 0 spiro atoms. The minimum Gasteiger partial charge on any atom is -0.507 e. The normalized spacial score (nSPS) is 17.5. The lowest BCUT2D eigenvalue weighted by atomic mass is 9.77. The molecular formula is C12H14FNO3. The SMILES string of the molecule is N[C@H](c1cc(F)cc(C(=O)O)c1O)C1CCC1. The first kappa shape index (κ1) is 11.9. The molecule has 0 saturated heterocycles. The van der Waals surface area contributed by atoms with E-state index in [1.54, 1.807) is 0 Å². The Balaban J connectivity index is 2.41. The standard InChI is InChI=1S/C12H14FNO3/c13-7-4-8(10(14)6-2-1-3-6)11(15)9(5-7)12(16)17/h4-6,10,15H,1-3,14H2,(H,16,17)/t10-/m0/s1. The van der Waals surface area contributed by atoms with E-state index in [9.17, 15) is 14.3 Å². The Hall–Kier alpha value is -1.62. The highest BCUT2D eigenvalue weighted by atomic mass is 19.1. The van der Waals surface area contributed by atoms with Gasteiger partial charge in [0.15, 0.2) is 0 Å². The van der Waals surface area contributed by atoms with Crippen LogP contribution in [0.2, 0.25) is 0 Å². The van der Waals surface area contributed by atoms with Gasteiger partial charge in [-0.1, -0.05) is 6.42 Å². The maximum absolute atomic E-state index is 13.3. The van der Waals surface area contributed by atoms with Gasteiger partial charge in [0.25, 0.3) is 0 Å². The molecule has 1 aromatic carbocycles. The second kappa shape index (κ2) is 4.33. The third kappa shape index (κ3) is 2.10. The highest BCUT2D eigenvalue weighted by Crippen LogP contribution is 2.40. The first-order valence-electron chi connectivity index (χ1n) is 5.52. The summed E-state index contributed by atoms with van der Waals surface area (Å²) in [5, 5.41) is 18.6. The van der Waals surface area contributed by atoms with Gasteiger partial charge < -0.3 is 15.9 Å². The Morgan fingerprint density at radius 3 is 2.59 bits per heavy atom. The molecule has 1 aliphatic carbocycles. The van der Waals surface area contributed by atoms with Crippen molar-refractivity contribution in [1.29, 1.82) is 0 Å². The summed E-state index contributed by atoms with van der Waals surface area (Å²) < 4.78 is 13.3. The van der Waals surface area contributed by atoms with Crippen molar-refractivity contribution in [2.24, 2.45) is 11.7 Å². The molecule has 1 saturated carbocycles. The summed E-state index contributed by atoms with van der Waals surface area (Å²) in [4.78, 5) is 10.8. The van der Waals surface area contributed by atoms with Gasteiger partial charge in [0, 0.05) is 11.6 Å². The van der Waals surface area contributed by atoms with Crippen LogP contribution in [0.5, 0.6) is 5.75 Å². The number of benzene rings is 1. The molecule has 5 heteroatoms. The van der Waals surface area contributed by atoms with Crippen molar-refractivity contribution in [2.75, 3.05) is 0 Å². The number of nitrogens with two attached hydrogens (primary N) is 1. The van der Waals surface area contributed by atoms with Crippen LogP contribution in [0.3, 0.4) is 0 Å². The minimum absolute atomic E-state index is 0.187. The molecule has 1 aromatic rings. The molecule has 1 atom stereocenters. The number of rotatable bonds is 3. The van der Waals surface area contributed by atoms with Crippen LogP contribution in [0.25, 0.3) is 0 Å². The van der Waals surface area contributed by atoms with E-state index < -0.39 is 29.1 Å². The fourth-order valence-corrected chi connectivity index (χ4v) is 2.09. The first-order chi connectivity index (χ1) is 8.00. The van der Waals surface area contributed by atoms with E-state index in [0.717, 1.165) is 31.4 Å². The number of carboxylic acids is 1. The summed E-state index contributed by atoms with van der Waals surface area (Å²) in [7, 11) is 0. The summed E-state index contributed by atoms with van der Waals surface area (Å²) in [5.74, 6) is -2.27. The maximum atomic E-state index is 13.3. The van der Waals surface area contributed by atoms with Gasteiger partial charge in [-0.25, -0.2) is 9.18 Å². The summed E-state index contributed by atoms with van der Waals surface area (Å²) >= 11 is 0. The number of phenols is 1. The molecule has 1 aliphatic rings. The average Bonchev–Trinajstić information content (AvgIpc) is 2.17. The van der Waals surface area contributed by atoms with E-state index in [-0.39, 0.29) is 11.5 Å². The average molecular weight is 239 g/mol. The molecule has 2 rings (SSSR count). The molecular weight excluding hydrogens is 225 g/mol. The number of aromatic carboxylic acids is 1. The van der Waals surface area contributed by atoms with E-state index in [2.05, 4.69) is 0 Å². The summed E-state index contributed by atoms with van der Waals surface area (Å²) in [6.45, 7) is 0. The highest BCUT2D eigenvalue weighted by Gasteiger charge is 2.29. The van der Waals surface area contributed by atoms with Crippen LogP contribution >= 0.6 is 0 Å². The van der Waals surface area contributed by atoms with E-state index in [1.807, 2.05) is 0 Å². The van der Waals surface area contributed by atoms with Crippen LogP contribution in [-0.2, 0) is 0 Å². The van der Waals surface area contributed by atoms with Crippen molar-refractivity contribution < 1.29 is 19.4 Å². The van der Waals surface area contributed by atoms with Gasteiger partial charge in [-0.3, -0.25) is 0 Å². The maximum Gasteiger partial charge on any atom is 0.339 e. The van der Waals surface area contributed by atoms with Crippen molar-refractivity contribution in [1.82, 2.24) is 0 Å². The molecule has 92 valence electrons. The second-order valence-electron chi connectivity index (χ2n) is 4.41. The Morgan fingerprint density at radius 2 is 2.12 bits per heavy atom. The number of halogens is 1. The van der Waals surface area contributed by atoms with Gasteiger partial charge in [0.05, 0.1) is 0 Å². The summed E-state index contributed by atoms with van der Waals surface area (Å²) in [6.07, 6.45) is 2.93. The fraction of sp³-hybridized carbons (Fsp3) is 0.417. The Labute approximate surface area is 97.9 Å². The molecule has 0 amide bonds. The monoisotopic (exact) mass is 239 g/mol. The smallest absolute Gasteiger partial charge is 0.339 e. The van der Waals surface area contributed by atoms with E-state index in [0.29, 0.717) is 0 Å². The van der Waals surface area contributed by atoms with Crippen molar-refractivity contribution in [3.8, 4) is 5.75 Å². The molecule has 0 unspecified atom stereocenters. The number of carboxylic acid groups (broad SMARTS) is 1. The van der Waals surface area contributed by atoms with Crippen LogP contribution in [0, 0.1) is 11.7 Å². The quantitative estimate of drug-likeness (QED) is 0.753. The molecule has 0 heterocycles. The van der Waals surface area contributed by atoms with E-state index in [4.69, 9.17) is 10.8 Å². The third-order valence-electron chi connectivity index (χ3n) is 3.35. The van der Waals surface area contributed by atoms with Crippen molar-refractivity contribution in [3.05, 3.63) is 29.1 Å². The van der Waals surface area contributed by atoms with E-state index >= 15 is 0 Å². The number of aromatic hydroxyl groups is 1. The van der Waals surface area contributed by atoms with Crippen molar-refractivity contribution in [2.45, 2.75) is 25.3 Å². The number of hydrogen-bond donors (Lipinski definition) is 3. The molecule has 4 nitrogen and oxygen atoms in total. The fourth-order valence-electron chi connectivity index (χ4n) is 2.09. The molecule has 0 bridgehead atoms. The minimum atomic E-state index is -1.36. The Bertz CT molecular complexity index is 457. The molecule has 0 aromatic heterocycles. The zero-order chi connectivity index (χ0) is 12.6. The van der Waals surface area contributed by atoms with Crippen LogP contribution in [-0.4, -0.2) is 16.2 Å². The van der Waals surface area contributed by atoms with Crippen molar-refractivity contribution in [3.63, 3.8) is 0 Å². The predicted octanol–water partition coefficient (Wildman–Crippen LogP) is 2.03. The lowest BCUT2D eigenvalue weighted by Gasteiger charge is -2.31. The first-order valence-corrected chi connectivity index (χ1v) is 5.52. The largest absolute Gasteiger partial charge is 0.507 e. The number of carbonyl (C=O) groups is 1. The van der Waals surface area contributed by atoms with E-state index in [1.165, 1.54) is 0 Å². The zero-order valence-corrected chi connectivity index (χ0v) is 9.19. The highest BCUT2D eigenvalue weighted by molar-refractivity contribution is 5.91. The third-order valence-corrected chi connectivity index (χ3v) is 3.35. The summed E-state index contributed by atoms with van der Waals surface area (Å²) in [6, 6.07) is 1.41. The lowest BCUT2D eigenvalue weighted by molar-refractivity contribution is 0.0692. The Morgan fingerprint density at radius 1 is 1.47 bits per heavy atom. The van der Waals surface area contributed by atoms with Crippen molar-refractivity contribution >= 4 is 5.97 Å². The van der Waals surface area contributed by atoms with Crippen LogP contribution < -0.4 is 5.73 Å². The topological polar surface area (TPSA) is 83.6 Å². The molecule has 1 fully saturated rings.